The first kappa shape index (κ1) is 21.2. The summed E-state index contributed by atoms with van der Waals surface area (Å²) in [6, 6.07) is 18.8. The lowest BCUT2D eigenvalue weighted by atomic mass is 10.1. The minimum Gasteiger partial charge on any atom is -0.507 e. The van der Waals surface area contributed by atoms with Crippen molar-refractivity contribution >= 4 is 29.2 Å². The molecule has 0 atom stereocenters. The van der Waals surface area contributed by atoms with Gasteiger partial charge in [-0.3, -0.25) is 9.59 Å². The van der Waals surface area contributed by atoms with Crippen LogP contribution in [0.3, 0.4) is 0 Å². The first-order valence-electron chi connectivity index (χ1n) is 9.23. The summed E-state index contributed by atoms with van der Waals surface area (Å²) in [5.41, 5.74) is 1.92. The van der Waals surface area contributed by atoms with Crippen LogP contribution < -0.4 is 10.1 Å². The van der Waals surface area contributed by atoms with Gasteiger partial charge in [0, 0.05) is 11.4 Å². The van der Waals surface area contributed by atoms with Crippen molar-refractivity contribution in [3.8, 4) is 11.5 Å². The summed E-state index contributed by atoms with van der Waals surface area (Å²) in [5, 5.41) is 22.0. The van der Waals surface area contributed by atoms with Crippen molar-refractivity contribution in [3.05, 3.63) is 88.4 Å². The number of carbonyl (C=O) groups excluding carboxylic acids is 1. The predicted octanol–water partition coefficient (Wildman–Crippen LogP) is 4.55. The highest BCUT2D eigenvalue weighted by Crippen LogP contribution is 2.29. The van der Waals surface area contributed by atoms with Crippen molar-refractivity contribution in [1.29, 1.82) is 0 Å². The van der Waals surface area contributed by atoms with Crippen molar-refractivity contribution in [2.24, 2.45) is 0 Å². The zero-order valence-electron chi connectivity index (χ0n) is 16.0. The Morgan fingerprint density at radius 1 is 0.967 bits per heavy atom. The number of hydrogen-bond donors (Lipinski definition) is 3. The van der Waals surface area contributed by atoms with Gasteiger partial charge in [-0.15, -0.1) is 0 Å². The lowest BCUT2D eigenvalue weighted by Crippen LogP contribution is -2.14. The number of nitrogens with one attached hydrogen (secondary N) is 1. The molecule has 1 amide bonds. The molecule has 3 N–H and O–H groups in total. The van der Waals surface area contributed by atoms with Crippen molar-refractivity contribution < 1.29 is 24.5 Å². The molecule has 7 heteroatoms. The van der Waals surface area contributed by atoms with Gasteiger partial charge in [-0.05, 0) is 41.5 Å². The van der Waals surface area contributed by atoms with Gasteiger partial charge in [0.05, 0.1) is 24.3 Å². The van der Waals surface area contributed by atoms with E-state index < -0.39 is 11.9 Å². The molecule has 3 aromatic carbocycles. The third-order valence-electron chi connectivity index (χ3n) is 4.34. The summed E-state index contributed by atoms with van der Waals surface area (Å²) in [7, 11) is 0. The molecule has 0 heterocycles. The van der Waals surface area contributed by atoms with Gasteiger partial charge in [0.25, 0.3) is 5.91 Å². The quantitative estimate of drug-likeness (QED) is 0.492. The molecule has 0 spiro atoms. The lowest BCUT2D eigenvalue weighted by molar-refractivity contribution is -0.136. The number of phenols is 1. The Bertz CT molecular complexity index is 1050. The maximum atomic E-state index is 12.7. The summed E-state index contributed by atoms with van der Waals surface area (Å²) in [6.45, 7) is 0.369. The van der Waals surface area contributed by atoms with Gasteiger partial charge in [0.1, 0.15) is 11.5 Å². The highest BCUT2D eigenvalue weighted by molar-refractivity contribution is 6.31. The van der Waals surface area contributed by atoms with Gasteiger partial charge < -0.3 is 20.3 Å². The van der Waals surface area contributed by atoms with Crippen molar-refractivity contribution in [3.63, 3.8) is 0 Å². The molecule has 0 aliphatic carbocycles. The highest BCUT2D eigenvalue weighted by atomic mass is 35.5. The van der Waals surface area contributed by atoms with E-state index in [1.165, 1.54) is 18.2 Å². The zero-order chi connectivity index (χ0) is 21.5. The van der Waals surface area contributed by atoms with Crippen molar-refractivity contribution in [1.82, 2.24) is 0 Å². The van der Waals surface area contributed by atoms with Crippen LogP contribution in [0.15, 0.2) is 66.7 Å². The third kappa shape index (κ3) is 5.75. The topological polar surface area (TPSA) is 95.9 Å². The number of hydrogen-bond acceptors (Lipinski definition) is 4. The molecule has 0 saturated heterocycles. The Labute approximate surface area is 178 Å². The highest BCUT2D eigenvalue weighted by Gasteiger charge is 2.16. The second-order valence-corrected chi connectivity index (χ2v) is 7.04. The van der Waals surface area contributed by atoms with Crippen molar-refractivity contribution in [2.75, 3.05) is 11.9 Å². The summed E-state index contributed by atoms with van der Waals surface area (Å²) in [6.07, 6.45) is 0.468. The Morgan fingerprint density at radius 3 is 2.47 bits per heavy atom. The van der Waals surface area contributed by atoms with Crippen LogP contribution in [0, 0.1) is 0 Å². The van der Waals surface area contributed by atoms with E-state index in [9.17, 15) is 14.7 Å². The number of halogens is 1. The van der Waals surface area contributed by atoms with E-state index in [2.05, 4.69) is 5.32 Å². The van der Waals surface area contributed by atoms with Crippen LogP contribution in [0.25, 0.3) is 0 Å². The largest absolute Gasteiger partial charge is 0.507 e. The molecule has 30 heavy (non-hydrogen) atoms. The fourth-order valence-electron chi connectivity index (χ4n) is 2.89. The molecule has 0 aromatic heterocycles. The van der Waals surface area contributed by atoms with Gasteiger partial charge in [-0.25, -0.2) is 0 Å². The van der Waals surface area contributed by atoms with E-state index in [-0.39, 0.29) is 17.7 Å². The standard InChI is InChI=1S/C23H20ClNO5/c24-17-7-8-20(26)18(14-17)23(29)25-19-12-16(13-22(27)28)6-9-21(19)30-11-10-15-4-2-1-3-5-15/h1-9,12,14,26H,10-11,13H2,(H,25,29)(H,27,28). The molecule has 0 unspecified atom stereocenters. The molecule has 154 valence electrons. The number of benzene rings is 3. The summed E-state index contributed by atoms with van der Waals surface area (Å²) < 4.78 is 5.84. The van der Waals surface area contributed by atoms with Gasteiger partial charge in [-0.1, -0.05) is 48.0 Å². The lowest BCUT2D eigenvalue weighted by Gasteiger charge is -2.15. The van der Waals surface area contributed by atoms with Crippen LogP contribution in [0.5, 0.6) is 11.5 Å². The molecular formula is C23H20ClNO5. The van der Waals surface area contributed by atoms with Gasteiger partial charge in [0.15, 0.2) is 0 Å². The van der Waals surface area contributed by atoms with Gasteiger partial charge >= 0.3 is 5.97 Å². The predicted molar refractivity (Wildman–Crippen MR) is 114 cm³/mol. The van der Waals surface area contributed by atoms with Crippen LogP contribution in [-0.2, 0) is 17.6 Å². The summed E-state index contributed by atoms with van der Waals surface area (Å²) in [5.74, 6) is -1.40. The fourth-order valence-corrected chi connectivity index (χ4v) is 3.06. The molecule has 0 aliphatic rings. The van der Waals surface area contributed by atoms with Crippen LogP contribution in [0.4, 0.5) is 5.69 Å². The number of anilines is 1. The van der Waals surface area contributed by atoms with E-state index in [0.717, 1.165) is 5.56 Å². The number of aromatic hydroxyl groups is 1. The van der Waals surface area contributed by atoms with Crippen LogP contribution >= 0.6 is 11.6 Å². The Kier molecular flexibility index (Phi) is 6.93. The zero-order valence-corrected chi connectivity index (χ0v) is 16.7. The number of aliphatic carboxylic acids is 1. The molecule has 0 radical (unpaired) electrons. The number of carboxylic acid groups (broad SMARTS) is 1. The average molecular weight is 426 g/mol. The van der Waals surface area contributed by atoms with E-state index >= 15 is 0 Å². The maximum Gasteiger partial charge on any atom is 0.307 e. The second-order valence-electron chi connectivity index (χ2n) is 6.60. The summed E-state index contributed by atoms with van der Waals surface area (Å²) >= 11 is 5.92. The Hall–Kier alpha value is -3.51. The first-order valence-corrected chi connectivity index (χ1v) is 9.61. The Morgan fingerprint density at radius 2 is 1.73 bits per heavy atom. The van der Waals surface area contributed by atoms with E-state index in [1.54, 1.807) is 18.2 Å². The van der Waals surface area contributed by atoms with Crippen LogP contribution in [0.2, 0.25) is 5.02 Å². The second kappa shape index (κ2) is 9.80. The Balaban J connectivity index is 1.80. The van der Waals surface area contributed by atoms with E-state index in [0.29, 0.717) is 35.1 Å². The SMILES string of the molecule is O=C(O)Cc1ccc(OCCc2ccccc2)c(NC(=O)c2cc(Cl)ccc2O)c1. The first-order chi connectivity index (χ1) is 14.4. The minimum atomic E-state index is -0.988. The molecule has 0 fully saturated rings. The number of phenolic OH excluding ortho intramolecular Hbond substituents is 1. The molecule has 0 aliphatic heterocycles. The number of amides is 1. The monoisotopic (exact) mass is 425 g/mol. The van der Waals surface area contributed by atoms with E-state index in [1.807, 2.05) is 30.3 Å². The van der Waals surface area contributed by atoms with Crippen LogP contribution in [-0.4, -0.2) is 28.7 Å². The minimum absolute atomic E-state index is 0.00127. The molecule has 0 saturated carbocycles. The number of carbonyl (C=O) groups is 2. The number of ether oxygens (including phenoxy) is 1. The molecule has 0 bridgehead atoms. The normalized spacial score (nSPS) is 10.4. The fraction of sp³-hybridized carbons (Fsp3) is 0.130. The van der Waals surface area contributed by atoms with Crippen molar-refractivity contribution in [2.45, 2.75) is 12.8 Å². The third-order valence-corrected chi connectivity index (χ3v) is 4.58. The van der Waals surface area contributed by atoms with Crippen LogP contribution in [0.1, 0.15) is 21.5 Å². The molecule has 3 aromatic rings. The average Bonchev–Trinajstić information content (AvgIpc) is 2.71. The molecule has 3 rings (SSSR count). The number of rotatable bonds is 8. The smallest absolute Gasteiger partial charge is 0.307 e. The summed E-state index contributed by atoms with van der Waals surface area (Å²) in [4.78, 5) is 23.7. The van der Waals surface area contributed by atoms with Gasteiger partial charge in [0.2, 0.25) is 0 Å². The van der Waals surface area contributed by atoms with Gasteiger partial charge in [-0.2, -0.15) is 0 Å². The maximum absolute atomic E-state index is 12.7. The molecular weight excluding hydrogens is 406 g/mol. The van der Waals surface area contributed by atoms with E-state index in [4.69, 9.17) is 21.4 Å². The number of carboxylic acids is 1. The molecule has 6 nitrogen and oxygen atoms in total.